The van der Waals surface area contributed by atoms with Gasteiger partial charge in [0.25, 0.3) is 0 Å². The van der Waals surface area contributed by atoms with E-state index in [1.807, 2.05) is 180 Å². The molecule has 0 radical (unpaired) electrons. The van der Waals surface area contributed by atoms with Gasteiger partial charge in [-0.2, -0.15) is 0 Å². The van der Waals surface area contributed by atoms with Gasteiger partial charge in [0, 0.05) is 12.8 Å². The molecule has 5 atom stereocenters. The third-order valence-corrected chi connectivity index (χ3v) is 23.3. The first-order valence-corrected chi connectivity index (χ1v) is 41.3. The number of hydrogen-bond acceptors (Lipinski definition) is 17. The second kappa shape index (κ2) is 67.6. The second-order valence-electron chi connectivity index (χ2n) is 37.4. The number of hydrogen-bond donors (Lipinski definition) is 0. The number of esters is 7. The Morgan fingerprint density at radius 1 is 0.390 bits per heavy atom. The van der Waals surface area contributed by atoms with Gasteiger partial charge in [-0.3, -0.25) is 33.6 Å². The monoisotopic (exact) mass is 1700 g/mol. The Labute approximate surface area is 739 Å². The van der Waals surface area contributed by atoms with Crippen LogP contribution in [0, 0.1) is 74.4 Å². The lowest BCUT2D eigenvalue weighted by Gasteiger charge is -2.59. The Hall–Kier alpha value is -3.83. The van der Waals surface area contributed by atoms with E-state index in [4.69, 9.17) is 47.4 Å². The quantitative estimate of drug-likeness (QED) is 0.0528. The van der Waals surface area contributed by atoms with Crippen LogP contribution in [0.15, 0.2) is 0 Å². The molecule has 2 heterocycles. The Morgan fingerprint density at radius 3 is 1.09 bits per heavy atom. The van der Waals surface area contributed by atoms with E-state index >= 15 is 0 Å². The summed E-state index contributed by atoms with van der Waals surface area (Å²) < 4.78 is 54.4. The summed E-state index contributed by atoms with van der Waals surface area (Å²) in [6.45, 7) is 58.8. The minimum Gasteiger partial charge on any atom is -0.460 e. The number of rotatable bonds is 23. The molecule has 8 aliphatic rings. The predicted octanol–water partition coefficient (Wildman–Crippen LogP) is 31.1. The van der Waals surface area contributed by atoms with Crippen molar-refractivity contribution in [1.82, 2.24) is 0 Å². The fourth-order valence-electron chi connectivity index (χ4n) is 12.7. The standard InChI is InChI=1S/C17H28O2.C16H30O3.C13H24O2.2C11H20O3.C10H20O2.C9H18O2.14CH4/c1-5-16(2,3)15(18)19-17(4)13-7-11-6-12(9-13)10-14(17)8-11;1-5-16(3,4)15(17)19-13(2)18-12-11-14-9-7-6-8-10-14;1-5-12(2,3)11(14)15-13(4)9-7-6-8-10-13;1-8(2)9(3)11(12)14-10-6-4-5-7-13-10;1-4-11(2,3)10(12)14-9-7-5-6-8-13-9;1-7-10(5,6)8(11)12-9(2,3)4;1-6-7(2)8(10)11-9(3,4)5;;;;;;;;;;;;;;/h11-14H,5-10H2,1-4H3;13-14H,5-12H2,1-4H3;5-10H2,1-4H3;8-10H,4-7H2,1-3H3;9H,4-8H2,1-3H3;7H2,1-6H3;7H,6H2,1-5H3;14*1H4. The van der Waals surface area contributed by atoms with Crippen LogP contribution in [-0.4, -0.2) is 103 Å². The lowest BCUT2D eigenvalue weighted by Crippen LogP contribution is -2.58. The molecule has 722 valence electrons. The zero-order chi connectivity index (χ0) is 79.9. The van der Waals surface area contributed by atoms with E-state index in [0.29, 0.717) is 37.6 Å². The maximum absolute atomic E-state index is 12.5. The normalized spacial score (nSPS) is 21.2. The number of carbonyl (C=O) groups is 7. The molecular formula is C101H216O17. The van der Waals surface area contributed by atoms with Crippen molar-refractivity contribution in [3.63, 3.8) is 0 Å². The van der Waals surface area contributed by atoms with Gasteiger partial charge in [-0.1, -0.05) is 212 Å². The first-order chi connectivity index (χ1) is 47.9. The van der Waals surface area contributed by atoms with Gasteiger partial charge in [0.2, 0.25) is 12.6 Å². The van der Waals surface area contributed by atoms with E-state index in [9.17, 15) is 33.6 Å². The molecule has 4 bridgehead atoms. The van der Waals surface area contributed by atoms with Crippen molar-refractivity contribution in [1.29, 1.82) is 0 Å². The molecule has 118 heavy (non-hydrogen) atoms. The summed E-state index contributed by atoms with van der Waals surface area (Å²) in [5, 5.41) is 0. The van der Waals surface area contributed by atoms with E-state index in [1.54, 1.807) is 0 Å². The molecule has 2 saturated heterocycles. The minimum absolute atomic E-state index is 0. The SMILES string of the molecule is C.C.C.C.C.C.C.C.C.C.C.C.C.C.CC(C)C(C)C(=O)OC1CCCCO1.CCC(C)(C)C(=O)OC(C)(C)C.CCC(C)(C)C(=O)OC(C)OCCC1CCCCC1.CCC(C)(C)C(=O)OC1(C)C2CC3CC(C2)CC1C3.CCC(C)(C)C(=O)OC1(C)CCCCC1.CCC(C)(C)C(=O)OC1CCCCO1.CCC(C)C(=O)OC(C)(C)C. The van der Waals surface area contributed by atoms with Crippen LogP contribution in [0.5, 0.6) is 0 Å². The molecule has 0 aromatic heterocycles. The van der Waals surface area contributed by atoms with Gasteiger partial charge in [-0.25, -0.2) is 0 Å². The van der Waals surface area contributed by atoms with Gasteiger partial charge < -0.3 is 47.4 Å². The van der Waals surface area contributed by atoms with Crippen molar-refractivity contribution in [3.8, 4) is 0 Å². The molecule has 0 N–H and O–H groups in total. The van der Waals surface area contributed by atoms with Crippen LogP contribution in [0.3, 0.4) is 0 Å². The number of ether oxygens (including phenoxy) is 10. The zero-order valence-electron chi connectivity index (χ0n) is 72.2. The van der Waals surface area contributed by atoms with Crippen molar-refractivity contribution in [3.05, 3.63) is 0 Å². The summed E-state index contributed by atoms with van der Waals surface area (Å²) in [5.41, 5.74) is -2.91. The maximum Gasteiger partial charge on any atom is 0.313 e. The average molecular weight is 1700 g/mol. The molecule has 0 aromatic carbocycles. The van der Waals surface area contributed by atoms with Gasteiger partial charge >= 0.3 is 41.8 Å². The fourth-order valence-corrected chi connectivity index (χ4v) is 12.7. The Morgan fingerprint density at radius 2 is 0.737 bits per heavy atom. The van der Waals surface area contributed by atoms with Gasteiger partial charge in [0.05, 0.1) is 58.7 Å². The highest BCUT2D eigenvalue weighted by molar-refractivity contribution is 5.78. The summed E-state index contributed by atoms with van der Waals surface area (Å²) in [6.07, 6.45) is 30.1. The summed E-state index contributed by atoms with van der Waals surface area (Å²) in [5.74, 6) is 3.54. The maximum atomic E-state index is 12.5. The van der Waals surface area contributed by atoms with Crippen molar-refractivity contribution < 1.29 is 80.9 Å². The highest BCUT2D eigenvalue weighted by Crippen LogP contribution is 2.60. The van der Waals surface area contributed by atoms with Crippen LogP contribution < -0.4 is 0 Å². The molecule has 2 aliphatic heterocycles. The lowest BCUT2D eigenvalue weighted by molar-refractivity contribution is -0.211. The predicted molar refractivity (Wildman–Crippen MR) is 511 cm³/mol. The van der Waals surface area contributed by atoms with Crippen LogP contribution in [0.1, 0.15) is 485 Å². The molecule has 6 saturated carbocycles. The fraction of sp³-hybridized carbons (Fsp3) is 0.931. The van der Waals surface area contributed by atoms with Gasteiger partial charge in [0.1, 0.15) is 22.4 Å². The summed E-state index contributed by atoms with van der Waals surface area (Å²) in [7, 11) is 0. The van der Waals surface area contributed by atoms with Gasteiger partial charge in [-0.15, -0.1) is 0 Å². The zero-order valence-corrected chi connectivity index (χ0v) is 72.2. The highest BCUT2D eigenvalue weighted by atomic mass is 16.7. The average Bonchev–Trinajstić information content (AvgIpc) is 0.731. The van der Waals surface area contributed by atoms with Crippen LogP contribution in [0.4, 0.5) is 0 Å². The Balaban J connectivity index is -0.0000000881. The molecule has 5 unspecified atom stereocenters. The van der Waals surface area contributed by atoms with Gasteiger partial charge in [-0.05, 0) is 295 Å². The van der Waals surface area contributed by atoms with Crippen LogP contribution in [0.2, 0.25) is 0 Å². The van der Waals surface area contributed by atoms with Crippen LogP contribution in [0.25, 0.3) is 0 Å². The smallest absolute Gasteiger partial charge is 0.313 e. The Kier molecular flexibility index (Phi) is 83.4. The molecule has 0 aromatic rings. The van der Waals surface area contributed by atoms with E-state index in [2.05, 4.69) is 20.8 Å². The molecule has 8 rings (SSSR count). The molecule has 0 amide bonds. The van der Waals surface area contributed by atoms with Crippen molar-refractivity contribution in [2.45, 2.75) is 526 Å². The lowest BCUT2D eigenvalue weighted by atomic mass is 9.50. The van der Waals surface area contributed by atoms with Crippen molar-refractivity contribution in [2.24, 2.45) is 74.4 Å². The van der Waals surface area contributed by atoms with Crippen LogP contribution in [-0.2, 0) is 80.9 Å². The summed E-state index contributed by atoms with van der Waals surface area (Å²) >= 11 is 0. The first kappa shape index (κ1) is 146. The van der Waals surface area contributed by atoms with Gasteiger partial charge in [0.15, 0.2) is 6.29 Å². The summed E-state index contributed by atoms with van der Waals surface area (Å²) in [4.78, 5) is 82.2. The molecule has 8 fully saturated rings. The first-order valence-electron chi connectivity index (χ1n) is 41.3. The highest BCUT2D eigenvalue weighted by Gasteiger charge is 2.58. The number of carbonyl (C=O) groups excluding carboxylic acids is 7. The van der Waals surface area contributed by atoms with Crippen molar-refractivity contribution >= 4 is 41.8 Å². The third kappa shape index (κ3) is 54.7. The second-order valence-corrected chi connectivity index (χ2v) is 37.4. The summed E-state index contributed by atoms with van der Waals surface area (Å²) in [6, 6.07) is 0. The third-order valence-electron chi connectivity index (χ3n) is 23.3. The van der Waals surface area contributed by atoms with E-state index < -0.39 is 11.7 Å². The Bertz CT molecular complexity index is 2460. The molecule has 0 spiro atoms. The molecular weight excluding hydrogens is 1490 g/mol. The topological polar surface area (TPSA) is 212 Å². The van der Waals surface area contributed by atoms with Crippen molar-refractivity contribution in [2.75, 3.05) is 19.8 Å². The van der Waals surface area contributed by atoms with E-state index in [-0.39, 0.29) is 214 Å². The molecule has 17 heteroatoms. The van der Waals surface area contributed by atoms with E-state index in [1.165, 1.54) is 83.5 Å². The minimum atomic E-state index is -0.429. The van der Waals surface area contributed by atoms with Crippen LogP contribution >= 0.6 is 0 Å². The van der Waals surface area contributed by atoms with E-state index in [0.717, 1.165) is 114 Å². The largest absolute Gasteiger partial charge is 0.460 e. The molecule has 17 nitrogen and oxygen atoms in total. The molecule has 6 aliphatic carbocycles.